The molecule has 0 nitrogen and oxygen atoms in total. The van der Waals surface area contributed by atoms with E-state index in [0.29, 0.717) is 0 Å². The Balaban J connectivity index is 2.50. The molecule has 0 unspecified atom stereocenters. The molecule has 0 atom stereocenters. The Morgan fingerprint density at radius 2 is 2.30 bits per heavy atom. The van der Waals surface area contributed by atoms with Gasteiger partial charge in [0.15, 0.2) is 0 Å². The van der Waals surface area contributed by atoms with Gasteiger partial charge >= 0.3 is 83.8 Å². The standard InChI is InChI=1S/C5H4S4Se/c6-5-8-3-4(9-5)10-2-1-7-3/h1-2H2. The van der Waals surface area contributed by atoms with Gasteiger partial charge in [-0.1, -0.05) is 0 Å². The fourth-order valence-corrected chi connectivity index (χ4v) is 9.44. The van der Waals surface area contributed by atoms with Gasteiger partial charge in [0.2, 0.25) is 0 Å². The molecule has 0 radical (unpaired) electrons. The van der Waals surface area contributed by atoms with Crippen LogP contribution in [0, 0.1) is 3.14 Å². The summed E-state index contributed by atoms with van der Waals surface area (Å²) in [7, 11) is 0. The Morgan fingerprint density at radius 3 is 3.10 bits per heavy atom. The van der Waals surface area contributed by atoms with Crippen LogP contribution in [0.25, 0.3) is 0 Å². The van der Waals surface area contributed by atoms with Crippen molar-refractivity contribution in [2.24, 2.45) is 0 Å². The minimum absolute atomic E-state index is 0.749. The quantitative estimate of drug-likeness (QED) is 0.525. The van der Waals surface area contributed by atoms with Gasteiger partial charge in [0.1, 0.15) is 0 Å². The van der Waals surface area contributed by atoms with Crippen LogP contribution in [0.3, 0.4) is 0 Å². The number of thioether (sulfide) groups is 1. The average molecular weight is 271 g/mol. The molecule has 0 aliphatic carbocycles. The van der Waals surface area contributed by atoms with Gasteiger partial charge in [0.05, 0.1) is 0 Å². The molecule has 2 rings (SSSR count). The van der Waals surface area contributed by atoms with Crippen LogP contribution < -0.4 is 3.78 Å². The molecule has 0 amide bonds. The Morgan fingerprint density at radius 1 is 1.40 bits per heavy atom. The molecule has 10 heavy (non-hydrogen) atoms. The van der Waals surface area contributed by atoms with Gasteiger partial charge in [-0.15, -0.1) is 0 Å². The third kappa shape index (κ3) is 1.49. The molecule has 0 N–H and O–H groups in total. The molecule has 5 heteroatoms. The molecule has 1 aliphatic heterocycles. The van der Waals surface area contributed by atoms with Gasteiger partial charge in [-0.2, -0.15) is 0 Å². The second kappa shape index (κ2) is 3.25. The van der Waals surface area contributed by atoms with Crippen LogP contribution in [0.4, 0.5) is 0 Å². The van der Waals surface area contributed by atoms with Gasteiger partial charge in [-0.25, -0.2) is 0 Å². The van der Waals surface area contributed by atoms with Crippen molar-refractivity contribution >= 4 is 65.4 Å². The first-order chi connectivity index (χ1) is 4.86. The van der Waals surface area contributed by atoms with E-state index in [1.54, 1.807) is 15.1 Å². The second-order valence-corrected chi connectivity index (χ2v) is 9.22. The third-order valence-electron chi connectivity index (χ3n) is 1.07. The molecule has 0 saturated heterocycles. The number of hydrogen-bond donors (Lipinski definition) is 0. The van der Waals surface area contributed by atoms with Gasteiger partial charge in [0, 0.05) is 0 Å². The summed E-state index contributed by atoms with van der Waals surface area (Å²) in [5.41, 5.74) is 0. The SMILES string of the molecule is S=c1sc2c(s1)[Se]CCS2. The number of rotatable bonds is 0. The molecule has 0 bridgehead atoms. The van der Waals surface area contributed by atoms with Crippen molar-refractivity contribution in [3.8, 4) is 0 Å². The van der Waals surface area contributed by atoms with E-state index in [2.05, 4.69) is 0 Å². The molecular formula is C5H4S4Se. The Bertz CT molecular complexity index is 260. The molecule has 2 heterocycles. The van der Waals surface area contributed by atoms with Crippen molar-refractivity contribution in [2.75, 3.05) is 5.75 Å². The summed E-state index contributed by atoms with van der Waals surface area (Å²) in [6, 6.07) is 0. The summed E-state index contributed by atoms with van der Waals surface area (Å²) in [5, 5.41) is 1.40. The Labute approximate surface area is 83.2 Å². The molecule has 1 aromatic rings. The summed E-state index contributed by atoms with van der Waals surface area (Å²) in [6.07, 6.45) is 0. The minimum atomic E-state index is 0.749. The zero-order chi connectivity index (χ0) is 6.97. The average Bonchev–Trinajstić information content (AvgIpc) is 2.27. The first-order valence-electron chi connectivity index (χ1n) is 2.76. The summed E-state index contributed by atoms with van der Waals surface area (Å²) in [6.45, 7) is 0. The van der Waals surface area contributed by atoms with Gasteiger partial charge in [-0.05, 0) is 0 Å². The van der Waals surface area contributed by atoms with Crippen molar-refractivity contribution in [1.29, 1.82) is 0 Å². The van der Waals surface area contributed by atoms with E-state index in [1.165, 1.54) is 15.3 Å². The van der Waals surface area contributed by atoms with Crippen molar-refractivity contribution < 1.29 is 0 Å². The van der Waals surface area contributed by atoms with Crippen LogP contribution in [0.15, 0.2) is 4.21 Å². The van der Waals surface area contributed by atoms with Crippen LogP contribution in [-0.2, 0) is 0 Å². The van der Waals surface area contributed by atoms with Crippen molar-refractivity contribution in [2.45, 2.75) is 9.53 Å². The van der Waals surface area contributed by atoms with E-state index >= 15 is 0 Å². The topological polar surface area (TPSA) is 0 Å². The monoisotopic (exact) mass is 272 g/mol. The fraction of sp³-hybridized carbons (Fsp3) is 0.400. The molecule has 1 aliphatic rings. The van der Waals surface area contributed by atoms with Gasteiger partial charge < -0.3 is 0 Å². The normalized spacial score (nSPS) is 16.8. The van der Waals surface area contributed by atoms with E-state index in [0.717, 1.165) is 18.1 Å². The number of fused-ring (bicyclic) bond motifs is 1. The van der Waals surface area contributed by atoms with Gasteiger partial charge in [-0.3, -0.25) is 0 Å². The maximum absolute atomic E-state index is 5.11. The molecular weight excluding hydrogens is 267 g/mol. The van der Waals surface area contributed by atoms with Crippen LogP contribution in [0.5, 0.6) is 0 Å². The van der Waals surface area contributed by atoms with E-state index in [9.17, 15) is 0 Å². The zero-order valence-electron chi connectivity index (χ0n) is 4.96. The molecule has 0 saturated carbocycles. The van der Waals surface area contributed by atoms with E-state index in [4.69, 9.17) is 12.2 Å². The van der Waals surface area contributed by atoms with Crippen LogP contribution in [0.2, 0.25) is 5.32 Å². The maximum atomic E-state index is 5.11. The van der Waals surface area contributed by atoms with Crippen molar-refractivity contribution in [3.05, 3.63) is 3.14 Å². The Kier molecular flexibility index (Phi) is 2.53. The van der Waals surface area contributed by atoms with Crippen LogP contribution >= 0.6 is 46.7 Å². The fourth-order valence-electron chi connectivity index (χ4n) is 0.701. The van der Waals surface area contributed by atoms with E-state index in [-0.39, 0.29) is 0 Å². The summed E-state index contributed by atoms with van der Waals surface area (Å²) in [4.78, 5) is 0. The molecule has 0 aromatic carbocycles. The van der Waals surface area contributed by atoms with Crippen LogP contribution in [-0.4, -0.2) is 20.7 Å². The zero-order valence-corrected chi connectivity index (χ0v) is 9.93. The second-order valence-electron chi connectivity index (χ2n) is 1.73. The first-order valence-corrected chi connectivity index (χ1v) is 7.85. The molecule has 0 fully saturated rings. The molecule has 0 spiro atoms. The van der Waals surface area contributed by atoms with Crippen LogP contribution in [0.1, 0.15) is 0 Å². The predicted octanol–water partition coefficient (Wildman–Crippen LogP) is 2.39. The summed E-state index contributed by atoms with van der Waals surface area (Å²) >= 11 is 11.5. The molecule has 1 aromatic heterocycles. The van der Waals surface area contributed by atoms with Crippen molar-refractivity contribution in [1.82, 2.24) is 0 Å². The van der Waals surface area contributed by atoms with Gasteiger partial charge in [0.25, 0.3) is 0 Å². The van der Waals surface area contributed by atoms with Crippen molar-refractivity contribution in [3.63, 3.8) is 0 Å². The summed E-state index contributed by atoms with van der Waals surface area (Å²) < 4.78 is 4.22. The Hall–Kier alpha value is 1.14. The number of hydrogen-bond acceptors (Lipinski definition) is 4. The van der Waals surface area contributed by atoms with E-state index < -0.39 is 0 Å². The first kappa shape index (κ1) is 7.77. The summed E-state index contributed by atoms with van der Waals surface area (Å²) in [5.74, 6) is 1.31. The molecule has 54 valence electrons. The third-order valence-corrected chi connectivity index (χ3v) is 9.06. The predicted molar refractivity (Wildman–Crippen MR) is 53.9 cm³/mol. The van der Waals surface area contributed by atoms with E-state index in [1.807, 2.05) is 23.1 Å².